The molecule has 0 spiro atoms. The van der Waals surface area contributed by atoms with E-state index in [2.05, 4.69) is 47.0 Å². The van der Waals surface area contributed by atoms with E-state index in [1.807, 2.05) is 6.92 Å². The van der Waals surface area contributed by atoms with Gasteiger partial charge in [0.15, 0.2) is 8.32 Å². The first-order chi connectivity index (χ1) is 18.3. The van der Waals surface area contributed by atoms with E-state index in [1.54, 1.807) is 4.90 Å². The normalized spacial score (nSPS) is 25.3. The number of carbonyl (C=O) groups excluding carboxylic acids is 3. The molecular formula is C29H45FN2O6Si. The van der Waals surface area contributed by atoms with Gasteiger partial charge >= 0.3 is 12.1 Å². The maximum absolute atomic E-state index is 13.7. The highest BCUT2D eigenvalue weighted by Gasteiger charge is 2.63. The van der Waals surface area contributed by atoms with Gasteiger partial charge in [0.1, 0.15) is 25.6 Å². The number of carbonyl (C=O) groups is 3. The third-order valence-electron chi connectivity index (χ3n) is 8.72. The van der Waals surface area contributed by atoms with Crippen LogP contribution in [0.25, 0.3) is 0 Å². The van der Waals surface area contributed by atoms with Crippen molar-refractivity contribution in [1.82, 2.24) is 9.80 Å². The summed E-state index contributed by atoms with van der Waals surface area (Å²) < 4.78 is 30.7. The van der Waals surface area contributed by atoms with Crippen molar-refractivity contribution in [3.63, 3.8) is 0 Å². The van der Waals surface area contributed by atoms with Crippen molar-refractivity contribution in [3.05, 3.63) is 36.6 Å². The number of hydrogen-bond acceptors (Lipinski definition) is 6. The van der Waals surface area contributed by atoms with Crippen LogP contribution in [0.4, 0.5) is 9.18 Å². The van der Waals surface area contributed by atoms with Crippen molar-refractivity contribution in [3.8, 4) is 0 Å². The zero-order valence-corrected chi connectivity index (χ0v) is 25.3. The van der Waals surface area contributed by atoms with E-state index in [0.717, 1.165) is 18.4 Å². The predicted octanol–water partition coefficient (Wildman–Crippen LogP) is 5.23. The Hall–Kier alpha value is -2.46. The van der Waals surface area contributed by atoms with Crippen molar-refractivity contribution in [1.29, 1.82) is 0 Å². The van der Waals surface area contributed by atoms with E-state index in [1.165, 1.54) is 17.1 Å². The number of amides is 2. The Balaban J connectivity index is 1.94. The first kappa shape index (κ1) is 31.1. The summed E-state index contributed by atoms with van der Waals surface area (Å²) in [5.41, 5.74) is 1.10. The van der Waals surface area contributed by atoms with Gasteiger partial charge in [0.2, 0.25) is 5.91 Å². The Morgan fingerprint density at radius 3 is 2.41 bits per heavy atom. The van der Waals surface area contributed by atoms with Crippen LogP contribution in [0.5, 0.6) is 0 Å². The Labute approximate surface area is 233 Å². The average molecular weight is 565 g/mol. The fourth-order valence-corrected chi connectivity index (χ4v) is 7.36. The van der Waals surface area contributed by atoms with Crippen LogP contribution in [0.3, 0.4) is 0 Å². The molecule has 0 aromatic carbocycles. The summed E-state index contributed by atoms with van der Waals surface area (Å²) in [5, 5.41) is -0.0114. The number of β-lactam (4-membered cyclic amide) rings is 1. The molecule has 2 amide bonds. The Kier molecular flexibility index (Phi) is 9.86. The molecule has 3 aliphatic rings. The molecule has 10 heteroatoms. The number of alkyl halides is 1. The fraction of sp³-hybridized carbons (Fsp3) is 0.690. The van der Waals surface area contributed by atoms with Crippen LogP contribution in [0.2, 0.25) is 18.1 Å². The van der Waals surface area contributed by atoms with E-state index in [9.17, 15) is 18.8 Å². The zero-order valence-electron chi connectivity index (χ0n) is 24.3. The minimum atomic E-state index is -2.14. The summed E-state index contributed by atoms with van der Waals surface area (Å²) in [6.45, 7) is 19.4. The number of ether oxygens (including phenoxy) is 2. The molecule has 0 unspecified atom stereocenters. The minimum absolute atomic E-state index is 0.0114. The Bertz CT molecular complexity index is 1010. The number of rotatable bonds is 12. The highest BCUT2D eigenvalue weighted by Crippen LogP contribution is 2.55. The lowest BCUT2D eigenvalue weighted by atomic mass is 9.69. The molecule has 0 aromatic rings. The number of hydrogen-bond donors (Lipinski definition) is 0. The van der Waals surface area contributed by atoms with Crippen molar-refractivity contribution >= 4 is 26.3 Å². The maximum Gasteiger partial charge on any atom is 0.410 e. The minimum Gasteiger partial charge on any atom is -0.457 e. The second-order valence-electron chi connectivity index (χ2n) is 12.2. The molecule has 2 heterocycles. The van der Waals surface area contributed by atoms with Gasteiger partial charge in [-0.3, -0.25) is 4.79 Å². The SMILES string of the molecule is C=CCOC(=O)C1=C2[C@@H](CN(CCF)C(=O)OCC=C)CCC[C@@H]2[C@@H]2[C@@H]([C@@H](C)O[Si](C)(C)C(C)(C)C)C(=O)N12. The number of fused-ring (bicyclic) bond motifs is 3. The van der Waals surface area contributed by atoms with Crippen molar-refractivity contribution in [2.75, 3.05) is 33.0 Å². The molecule has 1 saturated heterocycles. The monoisotopic (exact) mass is 564 g/mol. The molecule has 1 aliphatic carbocycles. The van der Waals surface area contributed by atoms with Gasteiger partial charge in [0.25, 0.3) is 0 Å². The second-order valence-corrected chi connectivity index (χ2v) is 17.0. The summed E-state index contributed by atoms with van der Waals surface area (Å²) in [7, 11) is -2.14. The summed E-state index contributed by atoms with van der Waals surface area (Å²) in [4.78, 5) is 42.6. The van der Waals surface area contributed by atoms with Crippen LogP contribution in [-0.4, -0.2) is 81.2 Å². The van der Waals surface area contributed by atoms with Crippen molar-refractivity contribution in [2.45, 2.75) is 77.2 Å². The topological polar surface area (TPSA) is 85.4 Å². The van der Waals surface area contributed by atoms with Gasteiger partial charge in [-0.05, 0) is 43.5 Å². The molecular weight excluding hydrogens is 519 g/mol. The summed E-state index contributed by atoms with van der Waals surface area (Å²) in [5.74, 6) is -1.36. The zero-order chi connectivity index (χ0) is 29.1. The first-order valence-corrected chi connectivity index (χ1v) is 16.8. The van der Waals surface area contributed by atoms with Gasteiger partial charge < -0.3 is 23.7 Å². The predicted molar refractivity (Wildman–Crippen MR) is 150 cm³/mol. The third kappa shape index (κ3) is 6.16. The molecule has 0 N–H and O–H groups in total. The van der Waals surface area contributed by atoms with E-state index in [0.29, 0.717) is 6.42 Å². The van der Waals surface area contributed by atoms with Crippen LogP contribution < -0.4 is 0 Å². The van der Waals surface area contributed by atoms with Crippen LogP contribution in [0, 0.1) is 17.8 Å². The Morgan fingerprint density at radius 2 is 1.82 bits per heavy atom. The quantitative estimate of drug-likeness (QED) is 0.140. The molecule has 3 rings (SSSR count). The lowest BCUT2D eigenvalue weighted by Gasteiger charge is -2.51. The average Bonchev–Trinajstić information content (AvgIpc) is 3.15. The smallest absolute Gasteiger partial charge is 0.410 e. The molecule has 218 valence electrons. The standard InChI is InChI=1S/C29H45FN2O6Si/c1-9-16-36-27(34)25-23-20(18-31(15-14-30)28(35)37-17-10-2)12-11-13-21(23)24-22(26(33)32(24)25)19(3)38-39(7,8)29(4,5)6/h9-10,19-22,24H,1-2,11-18H2,3-8H3/t19-,20-,21+,22-,24-/m1/s1. The van der Waals surface area contributed by atoms with Gasteiger partial charge in [0, 0.05) is 18.4 Å². The summed E-state index contributed by atoms with van der Waals surface area (Å²) >= 11 is 0. The lowest BCUT2D eigenvalue weighted by molar-refractivity contribution is -0.163. The Morgan fingerprint density at radius 1 is 1.18 bits per heavy atom. The summed E-state index contributed by atoms with van der Waals surface area (Å²) in [6.07, 6.45) is 4.39. The van der Waals surface area contributed by atoms with Crippen LogP contribution in [0.1, 0.15) is 47.0 Å². The third-order valence-corrected chi connectivity index (χ3v) is 13.3. The molecule has 0 bridgehead atoms. The molecule has 2 aliphatic heterocycles. The van der Waals surface area contributed by atoms with Gasteiger partial charge in [-0.2, -0.15) is 0 Å². The fourth-order valence-electron chi connectivity index (χ4n) is 5.93. The van der Waals surface area contributed by atoms with E-state index < -0.39 is 27.1 Å². The molecule has 0 aromatic heterocycles. The molecule has 5 atom stereocenters. The maximum atomic E-state index is 13.7. The first-order valence-electron chi connectivity index (χ1n) is 13.9. The number of nitrogens with zero attached hydrogens (tertiary/aromatic N) is 2. The second kappa shape index (κ2) is 12.4. The molecule has 39 heavy (non-hydrogen) atoms. The highest BCUT2D eigenvalue weighted by atomic mass is 28.4. The van der Waals surface area contributed by atoms with Gasteiger partial charge in [-0.15, -0.1) is 0 Å². The van der Waals surface area contributed by atoms with Gasteiger partial charge in [0.05, 0.1) is 24.6 Å². The van der Waals surface area contributed by atoms with Crippen molar-refractivity contribution < 1.29 is 32.7 Å². The van der Waals surface area contributed by atoms with E-state index in [-0.39, 0.29) is 72.8 Å². The molecule has 2 fully saturated rings. The van der Waals surface area contributed by atoms with E-state index in [4.69, 9.17) is 13.9 Å². The van der Waals surface area contributed by atoms with Gasteiger partial charge in [-0.25, -0.2) is 14.0 Å². The van der Waals surface area contributed by atoms with Gasteiger partial charge in [-0.1, -0.05) is 52.5 Å². The largest absolute Gasteiger partial charge is 0.457 e. The van der Waals surface area contributed by atoms with Crippen LogP contribution >= 0.6 is 0 Å². The molecule has 1 saturated carbocycles. The molecule has 8 nitrogen and oxygen atoms in total. The highest BCUT2D eigenvalue weighted by molar-refractivity contribution is 6.74. The lowest BCUT2D eigenvalue weighted by Crippen LogP contribution is -2.65. The van der Waals surface area contributed by atoms with Crippen LogP contribution in [0.15, 0.2) is 36.6 Å². The molecule has 0 radical (unpaired) electrons. The summed E-state index contributed by atoms with van der Waals surface area (Å²) in [6, 6.07) is -0.205. The van der Waals surface area contributed by atoms with Crippen molar-refractivity contribution in [2.24, 2.45) is 17.8 Å². The van der Waals surface area contributed by atoms with Crippen LogP contribution in [-0.2, 0) is 23.5 Å². The number of esters is 1. The number of halogens is 1. The van der Waals surface area contributed by atoms with E-state index >= 15 is 0 Å².